The Morgan fingerprint density at radius 3 is 2.93 bits per heavy atom. The summed E-state index contributed by atoms with van der Waals surface area (Å²) in [6, 6.07) is 2.16. The normalized spacial score (nSPS) is 19.3. The highest BCUT2D eigenvalue weighted by Crippen LogP contribution is 2.40. The highest BCUT2D eigenvalue weighted by molar-refractivity contribution is 5.53. The minimum absolute atomic E-state index is 0.0375. The lowest BCUT2D eigenvalue weighted by Crippen LogP contribution is -2.07. The molecule has 2 rings (SSSR count). The van der Waals surface area contributed by atoms with Crippen LogP contribution in [0.2, 0.25) is 0 Å². The van der Waals surface area contributed by atoms with E-state index in [1.54, 1.807) is 0 Å². The highest BCUT2D eigenvalue weighted by Gasteiger charge is 2.25. The maximum absolute atomic E-state index is 10.2. The second-order valence-corrected chi connectivity index (χ2v) is 4.49. The molecule has 82 valence electrons. The fourth-order valence-electron chi connectivity index (χ4n) is 2.58. The van der Waals surface area contributed by atoms with Crippen molar-refractivity contribution in [2.24, 2.45) is 5.73 Å². The van der Waals surface area contributed by atoms with Crippen LogP contribution in [0.3, 0.4) is 0 Å². The second kappa shape index (κ2) is 3.86. The molecule has 0 aromatic heterocycles. The molecular weight excluding hydrogens is 186 g/mol. The van der Waals surface area contributed by atoms with Gasteiger partial charge in [0.1, 0.15) is 5.75 Å². The molecule has 1 atom stereocenters. The molecule has 0 saturated heterocycles. The summed E-state index contributed by atoms with van der Waals surface area (Å²) in [6.07, 6.45) is 3.98. The lowest BCUT2D eigenvalue weighted by molar-refractivity contribution is 0.456. The van der Waals surface area contributed by atoms with Crippen molar-refractivity contribution in [1.82, 2.24) is 0 Å². The summed E-state index contributed by atoms with van der Waals surface area (Å²) in [7, 11) is 0. The zero-order valence-corrected chi connectivity index (χ0v) is 9.51. The molecule has 2 nitrogen and oxygen atoms in total. The smallest absolute Gasteiger partial charge is 0.123 e. The van der Waals surface area contributed by atoms with Crippen molar-refractivity contribution in [2.75, 3.05) is 0 Å². The van der Waals surface area contributed by atoms with E-state index in [-0.39, 0.29) is 6.04 Å². The number of aromatic hydroxyl groups is 1. The van der Waals surface area contributed by atoms with Crippen LogP contribution in [-0.2, 0) is 12.8 Å². The molecular formula is C13H19NO. The van der Waals surface area contributed by atoms with Gasteiger partial charge in [-0.3, -0.25) is 0 Å². The third-order valence-electron chi connectivity index (χ3n) is 3.35. The van der Waals surface area contributed by atoms with E-state index in [4.69, 9.17) is 5.73 Å². The maximum atomic E-state index is 10.2. The van der Waals surface area contributed by atoms with E-state index in [0.717, 1.165) is 36.8 Å². The van der Waals surface area contributed by atoms with E-state index in [2.05, 4.69) is 19.9 Å². The predicted molar refractivity (Wildman–Crippen MR) is 62.1 cm³/mol. The van der Waals surface area contributed by atoms with Crippen LogP contribution >= 0.6 is 0 Å². The molecule has 1 aliphatic carbocycles. The van der Waals surface area contributed by atoms with E-state index in [0.29, 0.717) is 5.75 Å². The van der Waals surface area contributed by atoms with Gasteiger partial charge in [0, 0.05) is 11.6 Å². The Labute approximate surface area is 91.1 Å². The molecule has 0 unspecified atom stereocenters. The minimum atomic E-state index is 0.0375. The zero-order chi connectivity index (χ0) is 11.0. The van der Waals surface area contributed by atoms with Crippen LogP contribution in [0.5, 0.6) is 5.75 Å². The van der Waals surface area contributed by atoms with Gasteiger partial charge in [-0.25, -0.2) is 0 Å². The number of phenols is 1. The molecule has 1 aromatic rings. The first kappa shape index (κ1) is 10.5. The Morgan fingerprint density at radius 2 is 2.27 bits per heavy atom. The highest BCUT2D eigenvalue weighted by atomic mass is 16.3. The average molecular weight is 205 g/mol. The largest absolute Gasteiger partial charge is 0.507 e. The van der Waals surface area contributed by atoms with Crippen molar-refractivity contribution < 1.29 is 5.11 Å². The van der Waals surface area contributed by atoms with Crippen molar-refractivity contribution in [1.29, 1.82) is 0 Å². The monoisotopic (exact) mass is 205 g/mol. The van der Waals surface area contributed by atoms with E-state index < -0.39 is 0 Å². The van der Waals surface area contributed by atoms with Gasteiger partial charge in [-0.05, 0) is 42.9 Å². The van der Waals surface area contributed by atoms with Crippen molar-refractivity contribution >= 4 is 0 Å². The molecule has 0 spiro atoms. The predicted octanol–water partition coefficient (Wildman–Crippen LogP) is 2.60. The second-order valence-electron chi connectivity index (χ2n) is 4.49. The fourth-order valence-corrected chi connectivity index (χ4v) is 2.58. The number of nitrogens with two attached hydrogens (primary N) is 1. The number of benzene rings is 1. The quantitative estimate of drug-likeness (QED) is 0.779. The van der Waals surface area contributed by atoms with Crippen LogP contribution in [0.25, 0.3) is 0 Å². The van der Waals surface area contributed by atoms with Crippen LogP contribution < -0.4 is 5.73 Å². The topological polar surface area (TPSA) is 46.2 Å². The number of hydrogen-bond donors (Lipinski definition) is 2. The summed E-state index contributed by atoms with van der Waals surface area (Å²) < 4.78 is 0. The third kappa shape index (κ3) is 1.63. The molecule has 0 aliphatic heterocycles. The summed E-state index contributed by atoms with van der Waals surface area (Å²) in [5.74, 6) is 0.461. The molecule has 0 amide bonds. The van der Waals surface area contributed by atoms with Gasteiger partial charge in [0.25, 0.3) is 0 Å². The van der Waals surface area contributed by atoms with Crippen LogP contribution in [0.1, 0.15) is 48.1 Å². The molecule has 0 heterocycles. The SMILES string of the molecule is CCCc1cc(C)c2c(c1O)[C@H](N)CC2. The maximum Gasteiger partial charge on any atom is 0.123 e. The first-order valence-electron chi connectivity index (χ1n) is 5.75. The van der Waals surface area contributed by atoms with E-state index in [1.807, 2.05) is 0 Å². The minimum Gasteiger partial charge on any atom is -0.507 e. The average Bonchev–Trinajstić information content (AvgIpc) is 2.57. The van der Waals surface area contributed by atoms with Gasteiger partial charge in [-0.2, -0.15) is 0 Å². The molecule has 3 N–H and O–H groups in total. The Kier molecular flexibility index (Phi) is 2.70. The van der Waals surface area contributed by atoms with Crippen molar-refractivity contribution in [3.8, 4) is 5.75 Å². The summed E-state index contributed by atoms with van der Waals surface area (Å²) in [4.78, 5) is 0. The summed E-state index contributed by atoms with van der Waals surface area (Å²) in [5.41, 5.74) is 10.7. The van der Waals surface area contributed by atoms with Gasteiger partial charge in [0.05, 0.1) is 0 Å². The molecule has 1 aromatic carbocycles. The Bertz CT molecular complexity index is 385. The van der Waals surface area contributed by atoms with E-state index >= 15 is 0 Å². The molecule has 1 aliphatic rings. The Hall–Kier alpha value is -1.02. The zero-order valence-electron chi connectivity index (χ0n) is 9.51. The first-order valence-corrected chi connectivity index (χ1v) is 5.75. The summed E-state index contributed by atoms with van der Waals surface area (Å²) in [5, 5.41) is 10.2. The van der Waals surface area contributed by atoms with Gasteiger partial charge >= 0.3 is 0 Å². The molecule has 0 fully saturated rings. The fraction of sp³-hybridized carbons (Fsp3) is 0.538. The van der Waals surface area contributed by atoms with Gasteiger partial charge in [0.2, 0.25) is 0 Å². The number of aryl methyl sites for hydroxylation is 2. The first-order chi connectivity index (χ1) is 7.15. The molecule has 2 heteroatoms. The third-order valence-corrected chi connectivity index (χ3v) is 3.35. The molecule has 0 bridgehead atoms. The molecule has 0 radical (unpaired) electrons. The standard InChI is InChI=1S/C13H19NO/c1-3-4-9-7-8(2)10-5-6-11(14)12(10)13(9)15/h7,11,15H,3-6,14H2,1-2H3/t11-/m1/s1. The van der Waals surface area contributed by atoms with Crippen LogP contribution in [0, 0.1) is 6.92 Å². The van der Waals surface area contributed by atoms with Gasteiger partial charge in [-0.15, -0.1) is 0 Å². The van der Waals surface area contributed by atoms with Crippen LogP contribution in [0.4, 0.5) is 0 Å². The van der Waals surface area contributed by atoms with Crippen molar-refractivity contribution in [3.63, 3.8) is 0 Å². The summed E-state index contributed by atoms with van der Waals surface area (Å²) in [6.45, 7) is 4.25. The number of phenolic OH excluding ortho intramolecular Hbond substituents is 1. The van der Waals surface area contributed by atoms with Gasteiger partial charge < -0.3 is 10.8 Å². The molecule has 0 saturated carbocycles. The van der Waals surface area contributed by atoms with Crippen molar-refractivity contribution in [2.45, 2.75) is 45.6 Å². The van der Waals surface area contributed by atoms with Crippen molar-refractivity contribution in [3.05, 3.63) is 28.3 Å². The van der Waals surface area contributed by atoms with E-state index in [1.165, 1.54) is 11.1 Å². The molecule has 15 heavy (non-hydrogen) atoms. The number of rotatable bonds is 2. The van der Waals surface area contributed by atoms with E-state index in [9.17, 15) is 5.11 Å². The summed E-state index contributed by atoms with van der Waals surface area (Å²) >= 11 is 0. The number of hydrogen-bond acceptors (Lipinski definition) is 2. The number of fused-ring (bicyclic) bond motifs is 1. The Balaban J connectivity index is 2.55. The van der Waals surface area contributed by atoms with Gasteiger partial charge in [-0.1, -0.05) is 19.4 Å². The van der Waals surface area contributed by atoms with Crippen LogP contribution in [0.15, 0.2) is 6.07 Å². The lowest BCUT2D eigenvalue weighted by atomic mass is 9.96. The lowest BCUT2D eigenvalue weighted by Gasteiger charge is -2.14. The Morgan fingerprint density at radius 1 is 1.53 bits per heavy atom. The van der Waals surface area contributed by atoms with Crippen LogP contribution in [-0.4, -0.2) is 5.11 Å². The van der Waals surface area contributed by atoms with Gasteiger partial charge in [0.15, 0.2) is 0 Å².